The lowest BCUT2D eigenvalue weighted by Crippen LogP contribution is -2.26. The Hall–Kier alpha value is -1.02. The molecule has 1 aromatic carbocycles. The minimum atomic E-state index is -3.82. The quantitative estimate of drug-likeness (QED) is 0.644. The molecule has 1 rings (SSSR count). The van der Waals surface area contributed by atoms with Crippen LogP contribution in [0.15, 0.2) is 23.1 Å². The summed E-state index contributed by atoms with van der Waals surface area (Å²) in [7, 11) is -2.23. The Balaban J connectivity index is 2.72. The van der Waals surface area contributed by atoms with Crippen LogP contribution in [0.25, 0.3) is 0 Å². The summed E-state index contributed by atoms with van der Waals surface area (Å²) < 4.78 is 45.3. The van der Waals surface area contributed by atoms with Crippen LogP contribution in [0.3, 0.4) is 0 Å². The summed E-state index contributed by atoms with van der Waals surface area (Å²) in [6, 6.07) is 4.14. The molecule has 0 aliphatic carbocycles. The fourth-order valence-corrected chi connectivity index (χ4v) is 2.99. The summed E-state index contributed by atoms with van der Waals surface area (Å²) >= 11 is 0. The molecule has 1 aromatic rings. The highest BCUT2D eigenvalue weighted by Gasteiger charge is 2.18. The molecule has 0 fully saturated rings. The van der Waals surface area contributed by atoms with E-state index in [1.807, 2.05) is 6.92 Å². The van der Waals surface area contributed by atoms with Crippen LogP contribution in [0.1, 0.15) is 25.3 Å². The first-order valence-corrected chi connectivity index (χ1v) is 8.47. The van der Waals surface area contributed by atoms with Crippen molar-refractivity contribution < 1.29 is 17.5 Å². The van der Waals surface area contributed by atoms with Gasteiger partial charge in [-0.15, -0.1) is 0 Å². The van der Waals surface area contributed by atoms with Gasteiger partial charge >= 0.3 is 0 Å². The highest BCUT2D eigenvalue weighted by atomic mass is 32.2. The molecule has 0 aromatic heterocycles. The first-order chi connectivity index (χ1) is 10.0. The van der Waals surface area contributed by atoms with Gasteiger partial charge in [0.15, 0.2) is 0 Å². The van der Waals surface area contributed by atoms with Crippen molar-refractivity contribution in [2.45, 2.75) is 31.2 Å². The van der Waals surface area contributed by atoms with Crippen molar-refractivity contribution in [3.8, 4) is 0 Å². The van der Waals surface area contributed by atoms with Crippen molar-refractivity contribution in [1.29, 1.82) is 0 Å². The van der Waals surface area contributed by atoms with Gasteiger partial charge in [0.25, 0.3) is 0 Å². The average Bonchev–Trinajstić information content (AvgIpc) is 2.46. The first-order valence-electron chi connectivity index (χ1n) is 6.99. The number of ether oxygens (including phenoxy) is 1. The van der Waals surface area contributed by atoms with Crippen LogP contribution in [-0.4, -0.2) is 35.2 Å². The molecule has 0 saturated carbocycles. The molecule has 0 unspecified atom stereocenters. The van der Waals surface area contributed by atoms with E-state index in [2.05, 4.69) is 10.0 Å². The Morgan fingerprint density at radius 3 is 2.71 bits per heavy atom. The molecular formula is C14H23FN2O3S. The molecule has 7 heteroatoms. The third-order valence-corrected chi connectivity index (χ3v) is 4.41. The largest absolute Gasteiger partial charge is 0.385 e. The lowest BCUT2D eigenvalue weighted by Gasteiger charge is -2.10. The smallest absolute Gasteiger partial charge is 0.243 e. The Labute approximate surface area is 125 Å². The molecule has 0 saturated heterocycles. The lowest BCUT2D eigenvalue weighted by atomic mass is 10.2. The van der Waals surface area contributed by atoms with E-state index in [0.29, 0.717) is 19.6 Å². The molecule has 0 radical (unpaired) electrons. The fraction of sp³-hybridized carbons (Fsp3) is 0.571. The number of benzene rings is 1. The molecule has 0 amide bonds. The Morgan fingerprint density at radius 1 is 1.29 bits per heavy atom. The number of halogens is 1. The van der Waals surface area contributed by atoms with Gasteiger partial charge in [-0.2, -0.15) is 0 Å². The summed E-state index contributed by atoms with van der Waals surface area (Å²) in [6.45, 7) is 4.06. The highest BCUT2D eigenvalue weighted by Crippen LogP contribution is 2.16. The molecule has 120 valence electrons. The number of nitrogens with one attached hydrogen (secondary N) is 2. The number of unbranched alkanes of at least 4 members (excludes halogenated alkanes) is 1. The summed E-state index contributed by atoms with van der Waals surface area (Å²) in [4.78, 5) is -0.301. The van der Waals surface area contributed by atoms with Crippen LogP contribution in [0.5, 0.6) is 0 Å². The number of sulfonamides is 1. The van der Waals surface area contributed by atoms with E-state index in [-0.39, 0.29) is 11.4 Å². The first kappa shape index (κ1) is 18.0. The second-order valence-corrected chi connectivity index (χ2v) is 6.38. The molecule has 0 atom stereocenters. The highest BCUT2D eigenvalue weighted by molar-refractivity contribution is 7.89. The van der Waals surface area contributed by atoms with E-state index in [1.54, 1.807) is 13.2 Å². The van der Waals surface area contributed by atoms with Crippen LogP contribution in [-0.2, 0) is 21.3 Å². The number of hydrogen-bond acceptors (Lipinski definition) is 4. The van der Waals surface area contributed by atoms with Gasteiger partial charge < -0.3 is 10.1 Å². The van der Waals surface area contributed by atoms with Crippen LogP contribution < -0.4 is 10.0 Å². The van der Waals surface area contributed by atoms with Gasteiger partial charge in [0, 0.05) is 26.8 Å². The Morgan fingerprint density at radius 2 is 2.05 bits per heavy atom. The summed E-state index contributed by atoms with van der Waals surface area (Å²) in [5.41, 5.74) is 0.734. The molecule has 2 N–H and O–H groups in total. The monoisotopic (exact) mass is 318 g/mol. The zero-order valence-corrected chi connectivity index (χ0v) is 13.3. The van der Waals surface area contributed by atoms with E-state index < -0.39 is 15.8 Å². The number of rotatable bonds is 10. The van der Waals surface area contributed by atoms with Crippen molar-refractivity contribution >= 4 is 10.0 Å². The van der Waals surface area contributed by atoms with E-state index in [9.17, 15) is 12.8 Å². The second kappa shape index (κ2) is 9.09. The minimum absolute atomic E-state index is 0.266. The van der Waals surface area contributed by atoms with Crippen LogP contribution in [0, 0.1) is 5.82 Å². The number of methoxy groups -OCH3 is 1. The van der Waals surface area contributed by atoms with Crippen molar-refractivity contribution in [2.75, 3.05) is 26.8 Å². The minimum Gasteiger partial charge on any atom is -0.385 e. The number of hydrogen-bond donors (Lipinski definition) is 2. The predicted molar refractivity (Wildman–Crippen MR) is 80.1 cm³/mol. The van der Waals surface area contributed by atoms with E-state index >= 15 is 0 Å². The van der Waals surface area contributed by atoms with E-state index in [4.69, 9.17) is 4.74 Å². The topological polar surface area (TPSA) is 67.4 Å². The van der Waals surface area contributed by atoms with Gasteiger partial charge in [-0.1, -0.05) is 13.0 Å². The van der Waals surface area contributed by atoms with Crippen molar-refractivity contribution in [3.63, 3.8) is 0 Å². The molecule has 0 bridgehead atoms. The molecule has 5 nitrogen and oxygen atoms in total. The molecule has 0 heterocycles. The van der Waals surface area contributed by atoms with Gasteiger partial charge in [0.2, 0.25) is 10.0 Å². The molecule has 21 heavy (non-hydrogen) atoms. The third-order valence-electron chi connectivity index (χ3n) is 2.93. The summed E-state index contributed by atoms with van der Waals surface area (Å²) in [5, 5.41) is 3.08. The Bertz CT molecular complexity index is 535. The molecule has 0 aliphatic rings. The van der Waals surface area contributed by atoms with Gasteiger partial charge in [0.05, 0.1) is 0 Å². The van der Waals surface area contributed by atoms with E-state index in [0.717, 1.165) is 18.5 Å². The Kier molecular flexibility index (Phi) is 7.81. The average molecular weight is 318 g/mol. The third kappa shape index (κ3) is 6.09. The maximum atomic E-state index is 13.8. The lowest BCUT2D eigenvalue weighted by molar-refractivity contribution is 0.193. The van der Waals surface area contributed by atoms with Crippen LogP contribution in [0.2, 0.25) is 0 Å². The fourth-order valence-electron chi connectivity index (χ4n) is 1.79. The van der Waals surface area contributed by atoms with Gasteiger partial charge in [-0.3, -0.25) is 0 Å². The predicted octanol–water partition coefficient (Wildman–Crippen LogP) is 1.64. The maximum Gasteiger partial charge on any atom is 0.243 e. The standard InChI is InChI=1S/C14H23FN2O3S/c1-3-16-11-12-6-7-13(15)14(10-12)21(18,19)17-8-4-5-9-20-2/h6-7,10,16-17H,3-5,8-9,11H2,1-2H3. The van der Waals surface area contributed by atoms with Crippen molar-refractivity contribution in [1.82, 2.24) is 10.0 Å². The second-order valence-electron chi connectivity index (χ2n) is 4.64. The van der Waals surface area contributed by atoms with E-state index in [1.165, 1.54) is 12.1 Å². The molecular weight excluding hydrogens is 295 g/mol. The maximum absolute atomic E-state index is 13.8. The zero-order valence-electron chi connectivity index (χ0n) is 12.5. The van der Waals surface area contributed by atoms with Gasteiger partial charge in [-0.05, 0) is 37.1 Å². The summed E-state index contributed by atoms with van der Waals surface area (Å²) in [5.74, 6) is -0.736. The van der Waals surface area contributed by atoms with Crippen molar-refractivity contribution in [2.24, 2.45) is 0 Å². The van der Waals surface area contributed by atoms with Crippen LogP contribution in [0.4, 0.5) is 4.39 Å². The van der Waals surface area contributed by atoms with Gasteiger partial charge in [-0.25, -0.2) is 17.5 Å². The normalized spacial score (nSPS) is 11.8. The molecule has 0 aliphatic heterocycles. The van der Waals surface area contributed by atoms with Crippen LogP contribution >= 0.6 is 0 Å². The van der Waals surface area contributed by atoms with Crippen molar-refractivity contribution in [3.05, 3.63) is 29.6 Å². The molecule has 0 spiro atoms. The summed E-state index contributed by atoms with van der Waals surface area (Å²) in [6.07, 6.45) is 1.40. The van der Waals surface area contributed by atoms with Gasteiger partial charge in [0.1, 0.15) is 10.7 Å². The zero-order chi connectivity index (χ0) is 15.7. The SMILES string of the molecule is CCNCc1ccc(F)c(S(=O)(=O)NCCCCOC)c1.